The van der Waals surface area contributed by atoms with Crippen LogP contribution in [0.15, 0.2) is 48.5 Å². The summed E-state index contributed by atoms with van der Waals surface area (Å²) < 4.78 is 18.4. The Bertz CT molecular complexity index is 700. The number of rotatable bonds is 5. The molecule has 1 aliphatic heterocycles. The van der Waals surface area contributed by atoms with Gasteiger partial charge in [-0.3, -0.25) is 9.69 Å². The molecular formula is C19H20ClFN2O2. The van der Waals surface area contributed by atoms with Crippen LogP contribution in [0.1, 0.15) is 22.0 Å². The van der Waals surface area contributed by atoms with Crippen LogP contribution < -0.4 is 5.32 Å². The third-order valence-corrected chi connectivity index (χ3v) is 4.56. The minimum atomic E-state index is -0.357. The van der Waals surface area contributed by atoms with Crippen LogP contribution in [-0.2, 0) is 4.74 Å². The van der Waals surface area contributed by atoms with E-state index in [1.807, 2.05) is 24.3 Å². The van der Waals surface area contributed by atoms with Crippen molar-refractivity contribution in [1.29, 1.82) is 0 Å². The lowest BCUT2D eigenvalue weighted by atomic mass is 10.0. The molecule has 3 rings (SSSR count). The molecule has 1 N–H and O–H groups in total. The van der Waals surface area contributed by atoms with E-state index in [4.69, 9.17) is 16.3 Å². The average molecular weight is 363 g/mol. The van der Waals surface area contributed by atoms with Crippen molar-refractivity contribution in [2.75, 3.05) is 32.8 Å². The van der Waals surface area contributed by atoms with Crippen LogP contribution in [-0.4, -0.2) is 43.7 Å². The summed E-state index contributed by atoms with van der Waals surface area (Å²) in [7, 11) is 0. The first kappa shape index (κ1) is 17.9. The zero-order chi connectivity index (χ0) is 17.6. The number of benzene rings is 2. The van der Waals surface area contributed by atoms with Gasteiger partial charge in [0, 0.05) is 30.2 Å². The molecule has 1 heterocycles. The molecule has 0 saturated carbocycles. The first-order chi connectivity index (χ1) is 12.1. The summed E-state index contributed by atoms with van der Waals surface area (Å²) in [6.45, 7) is 3.42. The molecule has 0 bridgehead atoms. The molecule has 1 amide bonds. The van der Waals surface area contributed by atoms with Gasteiger partial charge in [0.05, 0.1) is 19.3 Å². The molecule has 1 fully saturated rings. The van der Waals surface area contributed by atoms with Crippen LogP contribution in [0.2, 0.25) is 5.02 Å². The lowest BCUT2D eigenvalue weighted by Gasteiger charge is -2.35. The molecule has 2 aromatic carbocycles. The largest absolute Gasteiger partial charge is 0.379 e. The fraction of sp³-hybridized carbons (Fsp3) is 0.316. The molecule has 1 aliphatic rings. The highest BCUT2D eigenvalue weighted by Gasteiger charge is 2.23. The second-order valence-corrected chi connectivity index (χ2v) is 6.37. The molecule has 1 saturated heterocycles. The predicted molar refractivity (Wildman–Crippen MR) is 95.3 cm³/mol. The predicted octanol–water partition coefficient (Wildman–Crippen LogP) is 3.28. The summed E-state index contributed by atoms with van der Waals surface area (Å²) >= 11 is 5.99. The summed E-state index contributed by atoms with van der Waals surface area (Å²) in [5.74, 6) is -0.573. The normalized spacial score (nSPS) is 16.4. The number of ether oxygens (including phenoxy) is 1. The molecule has 1 unspecified atom stereocenters. The van der Waals surface area contributed by atoms with E-state index in [0.29, 0.717) is 30.3 Å². The second-order valence-electron chi connectivity index (χ2n) is 5.93. The van der Waals surface area contributed by atoms with E-state index in [1.165, 1.54) is 24.3 Å². The van der Waals surface area contributed by atoms with E-state index >= 15 is 0 Å². The highest BCUT2D eigenvalue weighted by Crippen LogP contribution is 2.23. The van der Waals surface area contributed by atoms with Crippen molar-refractivity contribution in [3.05, 3.63) is 70.5 Å². The number of nitrogens with one attached hydrogen (secondary N) is 1. The van der Waals surface area contributed by atoms with Crippen LogP contribution in [0, 0.1) is 5.82 Å². The lowest BCUT2D eigenvalue weighted by molar-refractivity contribution is 0.0162. The van der Waals surface area contributed by atoms with Crippen LogP contribution in [0.3, 0.4) is 0 Å². The number of nitrogens with zero attached hydrogens (tertiary/aromatic N) is 1. The number of halogens is 2. The molecule has 4 nitrogen and oxygen atoms in total. The molecule has 1 atom stereocenters. The summed E-state index contributed by atoms with van der Waals surface area (Å²) in [5.41, 5.74) is 1.53. The number of morpholine rings is 1. The van der Waals surface area contributed by atoms with E-state index in [2.05, 4.69) is 10.2 Å². The van der Waals surface area contributed by atoms with Gasteiger partial charge in [0.25, 0.3) is 5.91 Å². The van der Waals surface area contributed by atoms with Crippen LogP contribution in [0.4, 0.5) is 4.39 Å². The summed E-state index contributed by atoms with van der Waals surface area (Å²) in [4.78, 5) is 14.6. The maximum atomic E-state index is 13.0. The van der Waals surface area contributed by atoms with E-state index in [9.17, 15) is 9.18 Å². The lowest BCUT2D eigenvalue weighted by Crippen LogP contribution is -2.43. The first-order valence-corrected chi connectivity index (χ1v) is 8.62. The van der Waals surface area contributed by atoms with Crippen molar-refractivity contribution in [2.24, 2.45) is 0 Å². The van der Waals surface area contributed by atoms with Crippen LogP contribution >= 0.6 is 11.6 Å². The van der Waals surface area contributed by atoms with Gasteiger partial charge in [-0.15, -0.1) is 0 Å². The Morgan fingerprint density at radius 2 is 1.76 bits per heavy atom. The van der Waals surface area contributed by atoms with Gasteiger partial charge in [0.2, 0.25) is 0 Å². The van der Waals surface area contributed by atoms with Crippen molar-refractivity contribution in [3.8, 4) is 0 Å². The van der Waals surface area contributed by atoms with Crippen molar-refractivity contribution in [1.82, 2.24) is 10.2 Å². The molecule has 25 heavy (non-hydrogen) atoms. The van der Waals surface area contributed by atoms with Crippen molar-refractivity contribution < 1.29 is 13.9 Å². The smallest absolute Gasteiger partial charge is 0.251 e. The topological polar surface area (TPSA) is 41.6 Å². The fourth-order valence-corrected chi connectivity index (χ4v) is 3.05. The maximum absolute atomic E-state index is 13.0. The minimum absolute atomic E-state index is 0.0329. The van der Waals surface area contributed by atoms with Gasteiger partial charge in [0.15, 0.2) is 0 Å². The van der Waals surface area contributed by atoms with Crippen LogP contribution in [0.5, 0.6) is 0 Å². The second kappa shape index (κ2) is 8.43. The number of amides is 1. The van der Waals surface area contributed by atoms with Gasteiger partial charge in [-0.1, -0.05) is 23.7 Å². The number of carbonyl (C=O) groups excluding carboxylic acids is 1. The highest BCUT2D eigenvalue weighted by atomic mass is 35.5. The third-order valence-electron chi connectivity index (χ3n) is 4.30. The molecule has 0 radical (unpaired) electrons. The third kappa shape index (κ3) is 4.78. The highest BCUT2D eigenvalue weighted by molar-refractivity contribution is 6.30. The monoisotopic (exact) mass is 362 g/mol. The average Bonchev–Trinajstić information content (AvgIpc) is 2.64. The van der Waals surface area contributed by atoms with Crippen molar-refractivity contribution >= 4 is 17.5 Å². The number of hydrogen-bond donors (Lipinski definition) is 1. The van der Waals surface area contributed by atoms with E-state index in [1.54, 1.807) is 0 Å². The van der Waals surface area contributed by atoms with Gasteiger partial charge >= 0.3 is 0 Å². The fourth-order valence-electron chi connectivity index (χ4n) is 2.92. The zero-order valence-electron chi connectivity index (χ0n) is 13.8. The van der Waals surface area contributed by atoms with E-state index in [0.717, 1.165) is 18.7 Å². The van der Waals surface area contributed by atoms with Gasteiger partial charge in [0.1, 0.15) is 5.82 Å². The Balaban J connectivity index is 1.71. The molecule has 132 valence electrons. The molecule has 0 aromatic heterocycles. The maximum Gasteiger partial charge on any atom is 0.251 e. The van der Waals surface area contributed by atoms with Gasteiger partial charge in [-0.2, -0.15) is 0 Å². The summed E-state index contributed by atoms with van der Waals surface area (Å²) in [6.07, 6.45) is 0. The number of hydrogen-bond acceptors (Lipinski definition) is 3. The van der Waals surface area contributed by atoms with Gasteiger partial charge in [-0.05, 0) is 42.0 Å². The molecule has 2 aromatic rings. The van der Waals surface area contributed by atoms with E-state index < -0.39 is 0 Å². The Kier molecular flexibility index (Phi) is 6.02. The molecular weight excluding hydrogens is 343 g/mol. The quantitative estimate of drug-likeness (QED) is 0.887. The van der Waals surface area contributed by atoms with Crippen molar-refractivity contribution in [3.63, 3.8) is 0 Å². The minimum Gasteiger partial charge on any atom is -0.379 e. The summed E-state index contributed by atoms with van der Waals surface area (Å²) in [5, 5.41) is 3.63. The standard InChI is InChI=1S/C19H20ClFN2O2/c20-16-5-1-14(2-6-16)18(23-9-11-25-12-10-23)13-22-19(24)15-3-7-17(21)8-4-15/h1-8,18H,9-13H2,(H,22,24). The van der Waals surface area contributed by atoms with E-state index in [-0.39, 0.29) is 17.8 Å². The number of carbonyl (C=O) groups is 1. The van der Waals surface area contributed by atoms with Crippen LogP contribution in [0.25, 0.3) is 0 Å². The van der Waals surface area contributed by atoms with Gasteiger partial charge in [-0.25, -0.2) is 4.39 Å². The Hall–Kier alpha value is -1.95. The Morgan fingerprint density at radius 1 is 1.12 bits per heavy atom. The SMILES string of the molecule is O=C(NCC(c1ccc(Cl)cc1)N1CCOCC1)c1ccc(F)cc1. The molecule has 6 heteroatoms. The van der Waals surface area contributed by atoms with Crippen molar-refractivity contribution in [2.45, 2.75) is 6.04 Å². The summed E-state index contributed by atoms with van der Waals surface area (Å²) in [6, 6.07) is 13.2. The molecule has 0 spiro atoms. The zero-order valence-corrected chi connectivity index (χ0v) is 14.5. The van der Waals surface area contributed by atoms with Gasteiger partial charge < -0.3 is 10.1 Å². The Labute approximate surface area is 151 Å². The molecule has 0 aliphatic carbocycles. The Morgan fingerprint density at radius 3 is 2.40 bits per heavy atom. The first-order valence-electron chi connectivity index (χ1n) is 8.24.